The number of hydrogen-bond acceptors (Lipinski definition) is 7. The standard InChI is InChI=1S/C24H34N4O5S/c1-17-13-28(18(2)16-29)34(31,32)23-7-6-20(19-8-10-25-11-9-19)12-21(23)33-22(17)14-27(5)24(30)15-26(3)4/h6-12,17-18,22,29H,13-16H2,1-5H3/t17-,18+,22-/m1/s1. The summed E-state index contributed by atoms with van der Waals surface area (Å²) < 4.78 is 34.8. The summed E-state index contributed by atoms with van der Waals surface area (Å²) in [6.07, 6.45) is 2.89. The predicted octanol–water partition coefficient (Wildman–Crippen LogP) is 1.54. The number of pyridine rings is 1. The van der Waals surface area contributed by atoms with E-state index in [9.17, 15) is 18.3 Å². The molecule has 1 aromatic heterocycles. The third-order valence-corrected chi connectivity index (χ3v) is 8.03. The van der Waals surface area contributed by atoms with Gasteiger partial charge in [-0.3, -0.25) is 9.78 Å². The summed E-state index contributed by atoms with van der Waals surface area (Å²) in [5.41, 5.74) is 1.67. The average molecular weight is 491 g/mol. The van der Waals surface area contributed by atoms with Crippen LogP contribution in [0.1, 0.15) is 13.8 Å². The van der Waals surface area contributed by atoms with Crippen molar-refractivity contribution < 1.29 is 23.1 Å². The summed E-state index contributed by atoms with van der Waals surface area (Å²) in [6.45, 7) is 4.01. The average Bonchev–Trinajstić information content (AvgIpc) is 2.80. The molecule has 0 spiro atoms. The van der Waals surface area contributed by atoms with E-state index in [1.165, 1.54) is 4.31 Å². The second-order valence-electron chi connectivity index (χ2n) is 9.15. The molecule has 1 aliphatic rings. The lowest BCUT2D eigenvalue weighted by Gasteiger charge is -2.37. The molecule has 0 fully saturated rings. The number of aliphatic hydroxyl groups is 1. The highest BCUT2D eigenvalue weighted by Crippen LogP contribution is 2.36. The quantitative estimate of drug-likeness (QED) is 0.628. The van der Waals surface area contributed by atoms with Crippen LogP contribution in [-0.4, -0.2) is 98.1 Å². The van der Waals surface area contributed by atoms with Gasteiger partial charge in [0.1, 0.15) is 16.7 Å². The van der Waals surface area contributed by atoms with E-state index < -0.39 is 22.2 Å². The summed E-state index contributed by atoms with van der Waals surface area (Å²) in [5, 5.41) is 9.78. The van der Waals surface area contributed by atoms with Crippen molar-refractivity contribution in [2.75, 3.05) is 47.4 Å². The minimum absolute atomic E-state index is 0.0461. The van der Waals surface area contributed by atoms with Crippen LogP contribution >= 0.6 is 0 Å². The van der Waals surface area contributed by atoms with Crippen molar-refractivity contribution in [2.45, 2.75) is 30.9 Å². The largest absolute Gasteiger partial charge is 0.487 e. The lowest BCUT2D eigenvalue weighted by Crippen LogP contribution is -2.50. The molecule has 3 rings (SSSR count). The number of aliphatic hydroxyl groups excluding tert-OH is 1. The van der Waals surface area contributed by atoms with Crippen molar-refractivity contribution >= 4 is 15.9 Å². The van der Waals surface area contributed by atoms with E-state index in [1.807, 2.05) is 33.2 Å². The molecule has 9 nitrogen and oxygen atoms in total. The molecule has 0 saturated heterocycles. The van der Waals surface area contributed by atoms with Crippen molar-refractivity contribution in [3.8, 4) is 16.9 Å². The highest BCUT2D eigenvalue weighted by atomic mass is 32.2. The number of nitrogens with zero attached hydrogens (tertiary/aromatic N) is 4. The maximum Gasteiger partial charge on any atom is 0.247 e. The number of sulfonamides is 1. The number of hydrogen-bond donors (Lipinski definition) is 1. The van der Waals surface area contributed by atoms with E-state index in [1.54, 1.807) is 54.4 Å². The minimum Gasteiger partial charge on any atom is -0.487 e. The van der Waals surface area contributed by atoms with Gasteiger partial charge in [-0.15, -0.1) is 0 Å². The Morgan fingerprint density at radius 2 is 1.88 bits per heavy atom. The molecule has 1 aliphatic heterocycles. The summed E-state index contributed by atoms with van der Waals surface area (Å²) in [6, 6.07) is 8.08. The Balaban J connectivity index is 2.06. The van der Waals surface area contributed by atoms with Gasteiger partial charge in [0.2, 0.25) is 15.9 Å². The van der Waals surface area contributed by atoms with Gasteiger partial charge in [0.25, 0.3) is 0 Å². The lowest BCUT2D eigenvalue weighted by molar-refractivity contribution is -0.132. The zero-order valence-electron chi connectivity index (χ0n) is 20.4. The van der Waals surface area contributed by atoms with Crippen LogP contribution in [0, 0.1) is 5.92 Å². The number of likely N-dealkylation sites (N-methyl/N-ethyl adjacent to an activating group) is 2. The Morgan fingerprint density at radius 1 is 1.21 bits per heavy atom. The number of amides is 1. The molecule has 34 heavy (non-hydrogen) atoms. The molecule has 1 aromatic carbocycles. The smallest absolute Gasteiger partial charge is 0.247 e. The fourth-order valence-corrected chi connectivity index (χ4v) is 5.76. The molecule has 2 aromatic rings. The molecule has 3 atom stereocenters. The van der Waals surface area contributed by atoms with Crippen LogP contribution in [0.4, 0.5) is 0 Å². The number of aromatic nitrogens is 1. The topological polar surface area (TPSA) is 103 Å². The van der Waals surface area contributed by atoms with Crippen molar-refractivity contribution in [2.24, 2.45) is 5.92 Å². The van der Waals surface area contributed by atoms with Gasteiger partial charge in [0, 0.05) is 37.9 Å². The van der Waals surface area contributed by atoms with Crippen molar-refractivity contribution in [3.63, 3.8) is 0 Å². The Bertz CT molecular complexity index is 1090. The Labute approximate surface area is 202 Å². The van der Waals surface area contributed by atoms with Gasteiger partial charge in [-0.05, 0) is 56.4 Å². The number of carbonyl (C=O) groups is 1. The first-order valence-electron chi connectivity index (χ1n) is 11.3. The molecule has 186 valence electrons. The van der Waals surface area contributed by atoms with E-state index in [-0.39, 0.29) is 42.2 Å². The van der Waals surface area contributed by atoms with Gasteiger partial charge < -0.3 is 19.6 Å². The predicted molar refractivity (Wildman–Crippen MR) is 130 cm³/mol. The van der Waals surface area contributed by atoms with E-state index in [4.69, 9.17) is 4.74 Å². The van der Waals surface area contributed by atoms with Crippen LogP contribution in [0.15, 0.2) is 47.6 Å². The summed E-state index contributed by atoms with van der Waals surface area (Å²) in [5.74, 6) is -0.0626. The second kappa shape index (κ2) is 10.8. The fraction of sp³-hybridized carbons (Fsp3) is 0.500. The van der Waals surface area contributed by atoms with Crippen molar-refractivity contribution in [1.82, 2.24) is 19.1 Å². The fourth-order valence-electron chi connectivity index (χ4n) is 3.93. The molecule has 0 bridgehead atoms. The Morgan fingerprint density at radius 3 is 2.50 bits per heavy atom. The first kappa shape index (κ1) is 26.1. The van der Waals surface area contributed by atoms with Gasteiger partial charge in [0.15, 0.2) is 0 Å². The molecule has 0 radical (unpaired) electrons. The van der Waals surface area contributed by atoms with Gasteiger partial charge in [0.05, 0.1) is 19.7 Å². The first-order chi connectivity index (χ1) is 16.0. The number of benzene rings is 1. The van der Waals surface area contributed by atoms with Gasteiger partial charge in [-0.1, -0.05) is 13.0 Å². The maximum atomic E-state index is 13.6. The monoisotopic (exact) mass is 490 g/mol. The molecular formula is C24H34N4O5S. The molecule has 0 saturated carbocycles. The molecular weight excluding hydrogens is 456 g/mol. The maximum absolute atomic E-state index is 13.6. The number of rotatable bonds is 7. The van der Waals surface area contributed by atoms with Crippen LogP contribution in [0.5, 0.6) is 5.75 Å². The van der Waals surface area contributed by atoms with E-state index >= 15 is 0 Å². The lowest BCUT2D eigenvalue weighted by atomic mass is 10.0. The van der Waals surface area contributed by atoms with Gasteiger partial charge >= 0.3 is 0 Å². The molecule has 10 heteroatoms. The number of carbonyl (C=O) groups excluding carboxylic acids is 1. The van der Waals surface area contributed by atoms with Crippen LogP contribution in [0.3, 0.4) is 0 Å². The van der Waals surface area contributed by atoms with Crippen LogP contribution in [0.2, 0.25) is 0 Å². The van der Waals surface area contributed by atoms with Gasteiger partial charge in [-0.25, -0.2) is 8.42 Å². The van der Waals surface area contributed by atoms with E-state index in [0.717, 1.165) is 11.1 Å². The molecule has 2 heterocycles. The Hall–Kier alpha value is -2.53. The van der Waals surface area contributed by atoms with E-state index in [0.29, 0.717) is 6.54 Å². The zero-order valence-corrected chi connectivity index (χ0v) is 21.2. The third kappa shape index (κ3) is 5.75. The minimum atomic E-state index is -3.92. The van der Waals surface area contributed by atoms with Crippen LogP contribution < -0.4 is 4.74 Å². The number of ether oxygens (including phenoxy) is 1. The molecule has 1 amide bonds. The van der Waals surface area contributed by atoms with Crippen LogP contribution in [-0.2, 0) is 14.8 Å². The normalized spacial score (nSPS) is 21.1. The summed E-state index contributed by atoms with van der Waals surface area (Å²) in [4.78, 5) is 20.1. The molecule has 0 unspecified atom stereocenters. The SMILES string of the molecule is C[C@@H]1CN([C@@H](C)CO)S(=O)(=O)c2ccc(-c3ccncc3)cc2O[C@@H]1CN(C)C(=O)CN(C)C. The summed E-state index contributed by atoms with van der Waals surface area (Å²) >= 11 is 0. The molecule has 0 aliphatic carbocycles. The second-order valence-corrected chi connectivity index (χ2v) is 11.0. The zero-order chi connectivity index (χ0) is 25.0. The van der Waals surface area contributed by atoms with Crippen LogP contribution in [0.25, 0.3) is 11.1 Å². The highest BCUT2D eigenvalue weighted by Gasteiger charge is 2.38. The highest BCUT2D eigenvalue weighted by molar-refractivity contribution is 7.89. The first-order valence-corrected chi connectivity index (χ1v) is 12.7. The van der Waals surface area contributed by atoms with E-state index in [2.05, 4.69) is 4.98 Å². The Kier molecular flexibility index (Phi) is 8.29. The van der Waals surface area contributed by atoms with Gasteiger partial charge in [-0.2, -0.15) is 4.31 Å². The number of fused-ring (bicyclic) bond motifs is 1. The molecule has 1 N–H and O–H groups in total. The third-order valence-electron chi connectivity index (χ3n) is 6.01. The van der Waals surface area contributed by atoms with Crippen molar-refractivity contribution in [3.05, 3.63) is 42.7 Å². The van der Waals surface area contributed by atoms with Crippen molar-refractivity contribution in [1.29, 1.82) is 0 Å². The summed E-state index contributed by atoms with van der Waals surface area (Å²) in [7, 11) is 1.46.